The van der Waals surface area contributed by atoms with Crippen molar-refractivity contribution in [1.82, 2.24) is 4.98 Å². The summed E-state index contributed by atoms with van der Waals surface area (Å²) >= 11 is 5.08. The topological polar surface area (TPSA) is 60.2 Å². The maximum absolute atomic E-state index is 5.75. The Bertz CT molecular complexity index is 416. The fraction of sp³-hybridized carbons (Fsp3) is 0.500. The van der Waals surface area contributed by atoms with Crippen LogP contribution in [0.2, 0.25) is 0 Å². The van der Waals surface area contributed by atoms with E-state index in [1.165, 1.54) is 0 Å². The fourth-order valence-electron chi connectivity index (χ4n) is 2.01. The van der Waals surface area contributed by atoms with Crippen molar-refractivity contribution in [3.8, 4) is 0 Å². The number of aryl methyl sites for hydroxylation is 1. The minimum atomic E-state index is 0.394. The van der Waals surface area contributed by atoms with E-state index in [4.69, 9.17) is 22.7 Å². The molecule has 1 saturated heterocycles. The van der Waals surface area contributed by atoms with E-state index in [1.54, 1.807) is 6.20 Å². The first-order chi connectivity index (χ1) is 8.18. The van der Waals surface area contributed by atoms with Gasteiger partial charge in [-0.2, -0.15) is 0 Å². The molecule has 2 heterocycles. The Hall–Kier alpha value is -1.20. The molecule has 0 aliphatic carbocycles. The van der Waals surface area contributed by atoms with Crippen molar-refractivity contribution in [3.05, 3.63) is 23.4 Å². The quantitative estimate of drug-likeness (QED) is 0.799. The molecule has 1 aromatic heterocycles. The van der Waals surface area contributed by atoms with Gasteiger partial charge in [0, 0.05) is 25.5 Å². The smallest absolute Gasteiger partial charge is 0.136 e. The van der Waals surface area contributed by atoms with Crippen molar-refractivity contribution in [2.75, 3.05) is 18.5 Å². The van der Waals surface area contributed by atoms with E-state index in [1.807, 2.05) is 13.0 Å². The van der Waals surface area contributed by atoms with Crippen LogP contribution < -0.4 is 11.1 Å². The Morgan fingerprint density at radius 2 is 2.24 bits per heavy atom. The highest BCUT2D eigenvalue weighted by Crippen LogP contribution is 2.20. The van der Waals surface area contributed by atoms with Crippen LogP contribution in [0.15, 0.2) is 12.3 Å². The number of thiocarbonyl (C=S) groups is 1. The normalized spacial score (nSPS) is 16.8. The van der Waals surface area contributed by atoms with Gasteiger partial charge in [0.2, 0.25) is 0 Å². The number of nitrogens with zero attached hydrogens (tertiary/aromatic N) is 1. The highest BCUT2D eigenvalue weighted by molar-refractivity contribution is 7.80. The minimum absolute atomic E-state index is 0.394. The van der Waals surface area contributed by atoms with Crippen molar-refractivity contribution in [2.24, 2.45) is 5.73 Å². The van der Waals surface area contributed by atoms with Crippen molar-refractivity contribution in [1.29, 1.82) is 0 Å². The summed E-state index contributed by atoms with van der Waals surface area (Å²) in [4.78, 5) is 4.73. The lowest BCUT2D eigenvalue weighted by molar-refractivity contribution is 0.0904. The first-order valence-corrected chi connectivity index (χ1v) is 6.19. The first kappa shape index (κ1) is 12.3. The van der Waals surface area contributed by atoms with Crippen LogP contribution in [0, 0.1) is 6.92 Å². The van der Waals surface area contributed by atoms with Crippen LogP contribution in [0.5, 0.6) is 0 Å². The van der Waals surface area contributed by atoms with Crippen molar-refractivity contribution in [2.45, 2.75) is 25.8 Å². The van der Waals surface area contributed by atoms with Crippen molar-refractivity contribution < 1.29 is 4.74 Å². The maximum Gasteiger partial charge on any atom is 0.136 e. The van der Waals surface area contributed by atoms with E-state index in [2.05, 4.69) is 10.3 Å². The lowest BCUT2D eigenvalue weighted by Gasteiger charge is -2.24. The summed E-state index contributed by atoms with van der Waals surface area (Å²) in [6.07, 6.45) is 3.76. The minimum Gasteiger partial charge on any atom is -0.389 e. The molecule has 4 nitrogen and oxygen atoms in total. The molecule has 1 aromatic rings. The molecule has 0 aromatic carbocycles. The molecule has 0 saturated carbocycles. The number of aromatic nitrogens is 1. The zero-order valence-corrected chi connectivity index (χ0v) is 10.7. The van der Waals surface area contributed by atoms with Crippen LogP contribution in [0.4, 0.5) is 5.82 Å². The van der Waals surface area contributed by atoms with Crippen LogP contribution in [-0.4, -0.2) is 29.2 Å². The van der Waals surface area contributed by atoms with E-state index in [9.17, 15) is 0 Å². The van der Waals surface area contributed by atoms with Gasteiger partial charge in [-0.05, 0) is 31.4 Å². The standard InChI is InChI=1S/C12H17N3OS/c1-8-2-5-14-12(10(8)11(13)17)15-9-3-6-16-7-4-9/h2,5,9H,3-4,6-7H2,1H3,(H2,13,17)(H,14,15). The molecule has 17 heavy (non-hydrogen) atoms. The van der Waals surface area contributed by atoms with E-state index >= 15 is 0 Å². The second-order valence-electron chi connectivity index (χ2n) is 4.25. The largest absolute Gasteiger partial charge is 0.389 e. The lowest BCUT2D eigenvalue weighted by atomic mass is 10.1. The van der Waals surface area contributed by atoms with E-state index in [-0.39, 0.29) is 0 Å². The molecule has 92 valence electrons. The van der Waals surface area contributed by atoms with Gasteiger partial charge in [0.15, 0.2) is 0 Å². The molecule has 0 bridgehead atoms. The Labute approximate surface area is 107 Å². The van der Waals surface area contributed by atoms with Gasteiger partial charge in [-0.15, -0.1) is 0 Å². The summed E-state index contributed by atoms with van der Waals surface area (Å²) in [5, 5.41) is 3.41. The van der Waals surface area contributed by atoms with Crippen LogP contribution >= 0.6 is 12.2 Å². The zero-order chi connectivity index (χ0) is 12.3. The van der Waals surface area contributed by atoms with Gasteiger partial charge in [-0.1, -0.05) is 12.2 Å². The van der Waals surface area contributed by atoms with E-state index < -0.39 is 0 Å². The fourth-order valence-corrected chi connectivity index (χ4v) is 2.27. The summed E-state index contributed by atoms with van der Waals surface area (Å²) in [6.45, 7) is 3.59. The number of hydrogen-bond donors (Lipinski definition) is 2. The Morgan fingerprint density at radius 3 is 2.88 bits per heavy atom. The van der Waals surface area contributed by atoms with Crippen LogP contribution in [0.1, 0.15) is 24.0 Å². The molecule has 0 spiro atoms. The van der Waals surface area contributed by atoms with E-state index in [0.717, 1.165) is 43.0 Å². The second-order valence-corrected chi connectivity index (χ2v) is 4.69. The summed E-state index contributed by atoms with van der Waals surface area (Å²) in [5.41, 5.74) is 7.66. The Kier molecular flexibility index (Phi) is 3.91. The van der Waals surface area contributed by atoms with Crippen LogP contribution in [-0.2, 0) is 4.74 Å². The number of ether oxygens (including phenoxy) is 1. The summed E-state index contributed by atoms with van der Waals surface area (Å²) < 4.78 is 5.33. The first-order valence-electron chi connectivity index (χ1n) is 5.78. The number of nitrogens with one attached hydrogen (secondary N) is 1. The van der Waals surface area contributed by atoms with Gasteiger partial charge in [-0.25, -0.2) is 4.98 Å². The number of rotatable bonds is 3. The van der Waals surface area contributed by atoms with Gasteiger partial charge >= 0.3 is 0 Å². The molecular formula is C12H17N3OS. The molecule has 5 heteroatoms. The number of hydrogen-bond acceptors (Lipinski definition) is 4. The SMILES string of the molecule is Cc1ccnc(NC2CCOCC2)c1C(N)=S. The summed E-state index contributed by atoms with van der Waals surface area (Å²) in [5.74, 6) is 0.796. The van der Waals surface area contributed by atoms with Gasteiger partial charge in [-0.3, -0.25) is 0 Å². The van der Waals surface area contributed by atoms with Gasteiger partial charge in [0.05, 0.1) is 5.56 Å². The maximum atomic E-state index is 5.75. The highest BCUT2D eigenvalue weighted by Gasteiger charge is 2.17. The number of anilines is 1. The molecule has 1 aliphatic heterocycles. The third kappa shape index (κ3) is 2.92. The molecular weight excluding hydrogens is 234 g/mol. The van der Waals surface area contributed by atoms with Crippen molar-refractivity contribution >= 4 is 23.0 Å². The molecule has 2 rings (SSSR count). The Balaban J connectivity index is 2.19. The summed E-state index contributed by atoms with van der Waals surface area (Å²) in [6, 6.07) is 2.31. The molecule has 3 N–H and O–H groups in total. The monoisotopic (exact) mass is 251 g/mol. The van der Waals surface area contributed by atoms with Crippen LogP contribution in [0.3, 0.4) is 0 Å². The third-order valence-electron chi connectivity index (χ3n) is 2.97. The average molecular weight is 251 g/mol. The second kappa shape index (κ2) is 5.42. The predicted molar refractivity (Wildman–Crippen MR) is 72.3 cm³/mol. The molecule has 1 aliphatic rings. The van der Waals surface area contributed by atoms with Crippen LogP contribution in [0.25, 0.3) is 0 Å². The molecule has 0 unspecified atom stereocenters. The van der Waals surface area contributed by atoms with Gasteiger partial charge in [0.1, 0.15) is 10.8 Å². The molecule has 0 radical (unpaired) electrons. The number of nitrogens with two attached hydrogens (primary N) is 1. The Morgan fingerprint density at radius 1 is 1.53 bits per heavy atom. The molecule has 0 atom stereocenters. The molecule has 0 amide bonds. The lowest BCUT2D eigenvalue weighted by Crippen LogP contribution is -2.29. The third-order valence-corrected chi connectivity index (χ3v) is 3.17. The summed E-state index contributed by atoms with van der Waals surface area (Å²) in [7, 11) is 0. The van der Waals surface area contributed by atoms with Crippen molar-refractivity contribution in [3.63, 3.8) is 0 Å². The highest BCUT2D eigenvalue weighted by atomic mass is 32.1. The van der Waals surface area contributed by atoms with E-state index in [0.29, 0.717) is 11.0 Å². The number of pyridine rings is 1. The van der Waals surface area contributed by atoms with Gasteiger partial charge in [0.25, 0.3) is 0 Å². The predicted octanol–water partition coefficient (Wildman–Crippen LogP) is 1.62. The van der Waals surface area contributed by atoms with Gasteiger partial charge < -0.3 is 15.8 Å². The average Bonchev–Trinajstić information content (AvgIpc) is 2.30. The molecule has 1 fully saturated rings. The zero-order valence-electron chi connectivity index (χ0n) is 9.90.